The molecular formula is C22H24F2N5O2S+. The van der Waals surface area contributed by atoms with Gasteiger partial charge in [-0.25, -0.2) is 9.56 Å². The van der Waals surface area contributed by atoms with E-state index in [1.807, 2.05) is 12.1 Å². The van der Waals surface area contributed by atoms with Crippen LogP contribution >= 0.6 is 11.3 Å². The van der Waals surface area contributed by atoms with Crippen molar-refractivity contribution in [2.24, 2.45) is 0 Å². The Kier molecular flexibility index (Phi) is 6.16. The molecule has 2 heterocycles. The molecule has 1 aliphatic carbocycles. The Hall–Kier alpha value is -2.98. The number of ether oxygens (including phenoxy) is 1. The molecule has 3 aromatic rings. The minimum Gasteiger partial charge on any atom is -0.497 e. The Bertz CT molecular complexity index is 1160. The number of aliphatic hydroxyl groups excluding tert-OH is 1. The van der Waals surface area contributed by atoms with Crippen LogP contribution in [0.4, 0.5) is 25.7 Å². The van der Waals surface area contributed by atoms with E-state index in [-0.39, 0.29) is 23.9 Å². The number of nitrogens with zero attached hydrogens (tertiary/aromatic N) is 4. The van der Waals surface area contributed by atoms with Gasteiger partial charge in [-0.1, -0.05) is 22.9 Å². The van der Waals surface area contributed by atoms with Gasteiger partial charge in [0.2, 0.25) is 5.82 Å². The zero-order chi connectivity index (χ0) is 22.9. The lowest BCUT2D eigenvalue weighted by atomic mass is 9.93. The molecule has 0 spiro atoms. The van der Waals surface area contributed by atoms with Crippen LogP contribution in [0.5, 0.6) is 5.75 Å². The fourth-order valence-corrected chi connectivity index (χ4v) is 4.53. The van der Waals surface area contributed by atoms with Gasteiger partial charge in [0.1, 0.15) is 5.75 Å². The summed E-state index contributed by atoms with van der Waals surface area (Å²) in [5.74, 6) is -2.37. The van der Waals surface area contributed by atoms with E-state index in [4.69, 9.17) is 4.74 Å². The third-order valence-electron chi connectivity index (χ3n) is 5.51. The van der Waals surface area contributed by atoms with E-state index in [1.165, 1.54) is 17.4 Å². The van der Waals surface area contributed by atoms with Crippen LogP contribution in [0.2, 0.25) is 0 Å². The number of thiazole rings is 1. The molecule has 168 valence electrons. The normalized spacial score (nSPS) is 19.0. The van der Waals surface area contributed by atoms with Gasteiger partial charge in [-0.05, 0) is 54.9 Å². The summed E-state index contributed by atoms with van der Waals surface area (Å²) in [6.07, 6.45) is 2.82. The molecule has 0 amide bonds. The monoisotopic (exact) mass is 460 g/mol. The summed E-state index contributed by atoms with van der Waals surface area (Å²) >= 11 is 1.36. The van der Waals surface area contributed by atoms with Crippen LogP contribution < -0.4 is 10.1 Å². The van der Waals surface area contributed by atoms with Crippen LogP contribution in [-0.2, 0) is 5.92 Å². The smallest absolute Gasteiger partial charge is 0.435 e. The van der Waals surface area contributed by atoms with E-state index in [0.29, 0.717) is 42.6 Å². The highest BCUT2D eigenvalue weighted by Crippen LogP contribution is 2.34. The van der Waals surface area contributed by atoms with Gasteiger partial charge in [-0.2, -0.15) is 8.78 Å². The standard InChI is InChI=1S/C22H24F2N5O2S/c1-4-22(23,24)18-12-19(27-20(26-18)29(2)13-5-7-14(30)8-6-13)28-21-25-16-10-9-15(31-3)11-17(16)32-21/h4,9-14,30H,1-2,5-8H2,3H3,(H,25,26,27,28)/q+1. The van der Waals surface area contributed by atoms with Gasteiger partial charge >= 0.3 is 11.9 Å². The maximum absolute atomic E-state index is 14.5. The van der Waals surface area contributed by atoms with Gasteiger partial charge in [0.05, 0.1) is 29.5 Å². The van der Waals surface area contributed by atoms with Crippen LogP contribution in [0.1, 0.15) is 31.4 Å². The molecule has 1 saturated carbocycles. The number of hydrogen-bond acceptors (Lipinski definition) is 7. The fourth-order valence-electron chi connectivity index (χ4n) is 3.63. The zero-order valence-electron chi connectivity index (χ0n) is 17.6. The number of aromatic nitrogens is 3. The number of aliphatic hydroxyl groups is 1. The van der Waals surface area contributed by atoms with Crippen LogP contribution in [0.3, 0.4) is 0 Å². The van der Waals surface area contributed by atoms with Crippen molar-refractivity contribution < 1.29 is 23.2 Å². The highest BCUT2D eigenvalue weighted by molar-refractivity contribution is 7.22. The second-order valence-corrected chi connectivity index (χ2v) is 8.71. The molecule has 0 radical (unpaired) electrons. The topological polar surface area (TPSA) is 83.2 Å². The maximum atomic E-state index is 14.5. The minimum atomic E-state index is -3.33. The summed E-state index contributed by atoms with van der Waals surface area (Å²) in [5.41, 5.74) is 0.274. The molecule has 0 bridgehead atoms. The Morgan fingerprint density at radius 2 is 1.97 bits per heavy atom. The van der Waals surface area contributed by atoms with Gasteiger partial charge in [0.25, 0.3) is 0 Å². The van der Waals surface area contributed by atoms with Gasteiger partial charge in [0, 0.05) is 12.8 Å². The lowest BCUT2D eigenvalue weighted by molar-refractivity contribution is -0.490. The number of anilines is 2. The molecule has 4 rings (SSSR count). The third-order valence-corrected chi connectivity index (χ3v) is 6.44. The van der Waals surface area contributed by atoms with Gasteiger partial charge in [-0.15, -0.1) is 0 Å². The molecule has 1 fully saturated rings. The second-order valence-electron chi connectivity index (χ2n) is 7.68. The van der Waals surface area contributed by atoms with Gasteiger partial charge in [0.15, 0.2) is 10.8 Å². The number of methoxy groups -OCH3 is 1. The predicted molar refractivity (Wildman–Crippen MR) is 121 cm³/mol. The van der Waals surface area contributed by atoms with Crippen molar-refractivity contribution in [2.45, 2.75) is 43.8 Å². The van der Waals surface area contributed by atoms with Crippen molar-refractivity contribution in [3.63, 3.8) is 0 Å². The first kappa shape index (κ1) is 22.2. The van der Waals surface area contributed by atoms with Gasteiger partial charge in [-0.3, -0.25) is 0 Å². The summed E-state index contributed by atoms with van der Waals surface area (Å²) < 4.78 is 36.6. The Labute approximate surface area is 188 Å². The average Bonchev–Trinajstić information content (AvgIpc) is 3.20. The second kappa shape index (κ2) is 8.87. The Morgan fingerprint density at radius 3 is 2.66 bits per heavy atom. The number of nitrogens with one attached hydrogen (secondary N) is 1. The summed E-state index contributed by atoms with van der Waals surface area (Å²) in [7, 11) is 1.59. The van der Waals surface area contributed by atoms with Crippen molar-refractivity contribution >= 4 is 45.2 Å². The highest BCUT2D eigenvalue weighted by Gasteiger charge is 2.36. The number of benzene rings is 1. The largest absolute Gasteiger partial charge is 0.497 e. The van der Waals surface area contributed by atoms with E-state index in [0.717, 1.165) is 10.2 Å². The highest BCUT2D eigenvalue weighted by atomic mass is 32.1. The van der Waals surface area contributed by atoms with Crippen molar-refractivity contribution in [3.8, 4) is 5.75 Å². The summed E-state index contributed by atoms with van der Waals surface area (Å²) in [4.78, 5) is 13.0. The lowest BCUT2D eigenvalue weighted by Gasteiger charge is -2.25. The predicted octanol–water partition coefficient (Wildman–Crippen LogP) is 4.76. The first-order valence-corrected chi connectivity index (χ1v) is 11.0. The van der Waals surface area contributed by atoms with Gasteiger partial charge < -0.3 is 15.2 Å². The molecule has 2 aromatic heterocycles. The number of rotatable bonds is 7. The molecular weight excluding hydrogens is 436 g/mol. The van der Waals surface area contributed by atoms with Crippen LogP contribution in [0.25, 0.3) is 10.2 Å². The zero-order valence-corrected chi connectivity index (χ0v) is 18.4. The molecule has 7 nitrogen and oxygen atoms in total. The van der Waals surface area contributed by atoms with E-state index in [1.54, 1.807) is 17.8 Å². The Morgan fingerprint density at radius 1 is 1.22 bits per heavy atom. The Balaban J connectivity index is 1.68. The number of hydrogen-bond donors (Lipinski definition) is 2. The fraction of sp³-hybridized carbons (Fsp3) is 0.364. The van der Waals surface area contributed by atoms with E-state index < -0.39 is 11.6 Å². The summed E-state index contributed by atoms with van der Waals surface area (Å²) in [6, 6.07) is 6.63. The molecule has 1 aliphatic rings. The van der Waals surface area contributed by atoms with E-state index >= 15 is 0 Å². The maximum Gasteiger partial charge on any atom is 0.435 e. The number of fused-ring (bicyclic) bond motifs is 1. The molecule has 2 N–H and O–H groups in total. The first-order chi connectivity index (χ1) is 15.3. The molecule has 0 saturated heterocycles. The quantitative estimate of drug-likeness (QED) is 0.300. The van der Waals surface area contributed by atoms with Crippen molar-refractivity contribution in [1.82, 2.24) is 15.0 Å². The molecule has 32 heavy (non-hydrogen) atoms. The molecule has 0 unspecified atom stereocenters. The lowest BCUT2D eigenvalue weighted by Crippen LogP contribution is -2.30. The van der Waals surface area contributed by atoms with E-state index in [2.05, 4.69) is 33.6 Å². The van der Waals surface area contributed by atoms with Crippen LogP contribution in [0, 0.1) is 0 Å². The molecule has 1 aromatic carbocycles. The average molecular weight is 461 g/mol. The summed E-state index contributed by atoms with van der Waals surface area (Å²) in [5, 5.41) is 13.3. The summed E-state index contributed by atoms with van der Waals surface area (Å²) in [6.45, 7) is 7.24. The van der Waals surface area contributed by atoms with Crippen molar-refractivity contribution in [1.29, 1.82) is 0 Å². The van der Waals surface area contributed by atoms with Crippen LogP contribution in [0.15, 0.2) is 36.9 Å². The molecule has 0 atom stereocenters. The van der Waals surface area contributed by atoms with Crippen molar-refractivity contribution in [2.75, 3.05) is 12.4 Å². The third kappa shape index (κ3) is 4.61. The number of halogens is 2. The van der Waals surface area contributed by atoms with E-state index in [9.17, 15) is 13.9 Å². The molecule has 10 heteroatoms. The molecule has 0 aliphatic heterocycles. The number of alkyl halides is 2. The van der Waals surface area contributed by atoms with Crippen molar-refractivity contribution in [3.05, 3.63) is 42.6 Å². The number of allylic oxidation sites excluding steroid dienone is 1. The van der Waals surface area contributed by atoms with Crippen LogP contribution in [-0.4, -0.2) is 50.6 Å². The SMILES string of the molecule is C=CC(F)(F)c1cc(Nc2nc3ccc(OC)cc3s2)nc([N+](=C)C2CCC(O)CC2)n1. The first-order valence-electron chi connectivity index (χ1n) is 10.2. The minimum absolute atomic E-state index is 0.0474.